The number of nitrogens with one attached hydrogen (secondary N) is 1. The van der Waals surface area contributed by atoms with E-state index in [1.165, 1.54) is 14.8 Å². The average molecular weight is 406 g/mol. The van der Waals surface area contributed by atoms with Gasteiger partial charge in [-0.15, -0.1) is 11.3 Å². The Morgan fingerprint density at radius 3 is 2.30 bits per heavy atom. The van der Waals surface area contributed by atoms with Crippen molar-refractivity contribution in [1.29, 1.82) is 5.41 Å². The van der Waals surface area contributed by atoms with Crippen LogP contribution in [-0.4, -0.2) is 11.7 Å². The molecule has 5 rings (SSSR count). The molecule has 1 heterocycles. The quantitative estimate of drug-likeness (QED) is 0.263. The maximum absolute atomic E-state index is 8.54. The molecular formula is C26H19N3S. The van der Waals surface area contributed by atoms with Gasteiger partial charge in [0.05, 0.1) is 0 Å². The van der Waals surface area contributed by atoms with Crippen LogP contribution < -0.4 is 5.73 Å². The molecule has 144 valence electrons. The molecule has 0 saturated carbocycles. The van der Waals surface area contributed by atoms with Gasteiger partial charge in [0, 0.05) is 31.3 Å². The highest BCUT2D eigenvalue weighted by Crippen LogP contribution is 2.35. The fourth-order valence-electron chi connectivity index (χ4n) is 3.71. The largest absolute Gasteiger partial charge is 0.383 e. The van der Waals surface area contributed by atoms with Crippen molar-refractivity contribution in [2.24, 2.45) is 10.7 Å². The van der Waals surface area contributed by atoms with Crippen LogP contribution in [0.15, 0.2) is 102 Å². The van der Waals surface area contributed by atoms with E-state index >= 15 is 0 Å². The van der Waals surface area contributed by atoms with E-state index in [9.17, 15) is 0 Å². The Bertz CT molecular complexity index is 1410. The van der Waals surface area contributed by atoms with Gasteiger partial charge in [0.2, 0.25) is 0 Å². The minimum Gasteiger partial charge on any atom is -0.383 e. The van der Waals surface area contributed by atoms with E-state index in [1.54, 1.807) is 11.3 Å². The fraction of sp³-hybridized carbons (Fsp3) is 0. The summed E-state index contributed by atoms with van der Waals surface area (Å²) < 4.78 is 2.39. The van der Waals surface area contributed by atoms with Crippen molar-refractivity contribution in [2.45, 2.75) is 0 Å². The first-order chi connectivity index (χ1) is 14.7. The number of nitrogens with zero attached hydrogens (tertiary/aromatic N) is 1. The monoisotopic (exact) mass is 405 g/mol. The minimum atomic E-state index is 0.154. The summed E-state index contributed by atoms with van der Waals surface area (Å²) in [5, 5.41) is 10.8. The molecule has 3 N–H and O–H groups in total. The molecule has 4 heteroatoms. The summed E-state index contributed by atoms with van der Waals surface area (Å²) in [4.78, 5) is 4.47. The lowest BCUT2D eigenvalue weighted by molar-refractivity contribution is 1.40. The van der Waals surface area contributed by atoms with Gasteiger partial charge in [-0.25, -0.2) is 4.99 Å². The molecule has 1 aromatic heterocycles. The molecule has 3 nitrogen and oxygen atoms in total. The van der Waals surface area contributed by atoms with E-state index < -0.39 is 0 Å². The van der Waals surface area contributed by atoms with E-state index in [0.29, 0.717) is 5.84 Å². The Kier molecular flexibility index (Phi) is 4.62. The topological polar surface area (TPSA) is 62.2 Å². The van der Waals surface area contributed by atoms with Crippen LogP contribution in [0, 0.1) is 5.41 Å². The summed E-state index contributed by atoms with van der Waals surface area (Å²) in [6, 6.07) is 32.4. The SMILES string of the molecule is N=C(N=C(N)c1cccc2sc3ccccc3c12)c1cccc(-c2ccccc2)c1. The van der Waals surface area contributed by atoms with Crippen LogP contribution in [0.4, 0.5) is 0 Å². The molecule has 0 bridgehead atoms. The van der Waals surface area contributed by atoms with E-state index in [-0.39, 0.29) is 5.84 Å². The molecule has 5 aromatic rings. The molecule has 30 heavy (non-hydrogen) atoms. The third kappa shape index (κ3) is 3.27. The van der Waals surface area contributed by atoms with Gasteiger partial charge in [0.15, 0.2) is 5.84 Å². The maximum atomic E-state index is 8.54. The van der Waals surface area contributed by atoms with E-state index in [4.69, 9.17) is 11.1 Å². The number of rotatable bonds is 3. The second kappa shape index (κ2) is 7.58. The summed E-state index contributed by atoms with van der Waals surface area (Å²) in [6.07, 6.45) is 0. The van der Waals surface area contributed by atoms with Gasteiger partial charge in [-0.1, -0.05) is 78.9 Å². The Balaban J connectivity index is 1.55. The number of nitrogens with two attached hydrogens (primary N) is 1. The van der Waals surface area contributed by atoms with Crippen LogP contribution in [0.5, 0.6) is 0 Å². The molecule has 4 aromatic carbocycles. The van der Waals surface area contributed by atoms with Gasteiger partial charge in [0.25, 0.3) is 0 Å². The molecule has 0 aliphatic rings. The van der Waals surface area contributed by atoms with Crippen LogP contribution in [-0.2, 0) is 0 Å². The normalized spacial score (nSPS) is 11.8. The first-order valence-corrected chi connectivity index (χ1v) is 10.5. The molecule has 0 atom stereocenters. The zero-order chi connectivity index (χ0) is 20.5. The molecule has 0 unspecified atom stereocenters. The summed E-state index contributed by atoms with van der Waals surface area (Å²) in [5.74, 6) is 0.515. The van der Waals surface area contributed by atoms with Gasteiger partial charge < -0.3 is 5.73 Å². The third-order valence-corrected chi connectivity index (χ3v) is 6.29. The standard InChI is InChI=1S/C26H19N3S/c27-25(19-11-6-10-18(16-19)17-8-2-1-3-9-17)29-26(28)21-13-7-15-23-24(21)20-12-4-5-14-22(20)30-23/h1-16H,(H3,27,28,29). The minimum absolute atomic E-state index is 0.154. The van der Waals surface area contributed by atoms with E-state index in [0.717, 1.165) is 27.6 Å². The number of hydrogen-bond acceptors (Lipinski definition) is 2. The zero-order valence-corrected chi connectivity index (χ0v) is 17.0. The molecule has 0 amide bonds. The fourth-order valence-corrected chi connectivity index (χ4v) is 4.84. The zero-order valence-electron chi connectivity index (χ0n) is 16.2. The highest BCUT2D eigenvalue weighted by molar-refractivity contribution is 7.25. The van der Waals surface area contributed by atoms with Crippen molar-refractivity contribution in [3.63, 3.8) is 0 Å². The van der Waals surface area contributed by atoms with Crippen molar-refractivity contribution in [3.8, 4) is 11.1 Å². The molecule has 0 saturated heterocycles. The second-order valence-electron chi connectivity index (χ2n) is 7.07. The predicted molar refractivity (Wildman–Crippen MR) is 129 cm³/mol. The van der Waals surface area contributed by atoms with Crippen molar-refractivity contribution in [1.82, 2.24) is 0 Å². The molecule has 0 spiro atoms. The highest BCUT2D eigenvalue weighted by Gasteiger charge is 2.12. The van der Waals surface area contributed by atoms with Gasteiger partial charge >= 0.3 is 0 Å². The number of amidine groups is 2. The van der Waals surface area contributed by atoms with Crippen LogP contribution >= 0.6 is 11.3 Å². The van der Waals surface area contributed by atoms with Gasteiger partial charge in [0.1, 0.15) is 5.84 Å². The van der Waals surface area contributed by atoms with Crippen LogP contribution in [0.3, 0.4) is 0 Å². The van der Waals surface area contributed by atoms with Gasteiger partial charge in [-0.3, -0.25) is 5.41 Å². The maximum Gasteiger partial charge on any atom is 0.154 e. The smallest absolute Gasteiger partial charge is 0.154 e. The van der Waals surface area contributed by atoms with Crippen molar-refractivity contribution in [3.05, 3.63) is 108 Å². The Labute approximate surface area is 178 Å². The summed E-state index contributed by atoms with van der Waals surface area (Å²) in [7, 11) is 0. The first-order valence-electron chi connectivity index (χ1n) is 9.70. The van der Waals surface area contributed by atoms with Crippen LogP contribution in [0.1, 0.15) is 11.1 Å². The molecule has 0 radical (unpaired) electrons. The second-order valence-corrected chi connectivity index (χ2v) is 8.15. The van der Waals surface area contributed by atoms with Crippen molar-refractivity contribution in [2.75, 3.05) is 0 Å². The molecular weight excluding hydrogens is 386 g/mol. The van der Waals surface area contributed by atoms with Gasteiger partial charge in [-0.05, 0) is 29.3 Å². The Morgan fingerprint density at radius 1 is 0.733 bits per heavy atom. The van der Waals surface area contributed by atoms with Crippen molar-refractivity contribution < 1.29 is 0 Å². The number of hydrogen-bond donors (Lipinski definition) is 2. The lowest BCUT2D eigenvalue weighted by Crippen LogP contribution is -2.16. The molecule has 0 aliphatic carbocycles. The van der Waals surface area contributed by atoms with Crippen LogP contribution in [0.2, 0.25) is 0 Å². The van der Waals surface area contributed by atoms with E-state index in [1.807, 2.05) is 66.7 Å². The number of fused-ring (bicyclic) bond motifs is 3. The lowest BCUT2D eigenvalue weighted by atomic mass is 10.0. The molecule has 0 aliphatic heterocycles. The number of benzene rings is 4. The lowest BCUT2D eigenvalue weighted by Gasteiger charge is -2.07. The molecule has 0 fully saturated rings. The summed E-state index contributed by atoms with van der Waals surface area (Å²) in [6.45, 7) is 0. The summed E-state index contributed by atoms with van der Waals surface area (Å²) in [5.41, 5.74) is 10.2. The summed E-state index contributed by atoms with van der Waals surface area (Å²) >= 11 is 1.74. The van der Waals surface area contributed by atoms with E-state index in [2.05, 4.69) is 35.3 Å². The third-order valence-electron chi connectivity index (χ3n) is 5.15. The predicted octanol–water partition coefficient (Wildman–Crippen LogP) is 6.45. The van der Waals surface area contributed by atoms with Crippen molar-refractivity contribution >= 4 is 43.2 Å². The first kappa shape index (κ1) is 18.3. The Morgan fingerprint density at radius 2 is 1.43 bits per heavy atom. The number of aliphatic imine (C=N–C) groups is 1. The Hall–Kier alpha value is -3.76. The average Bonchev–Trinajstić information content (AvgIpc) is 3.18. The van der Waals surface area contributed by atoms with Gasteiger partial charge in [-0.2, -0.15) is 0 Å². The van der Waals surface area contributed by atoms with Crippen LogP contribution in [0.25, 0.3) is 31.3 Å². The highest BCUT2D eigenvalue weighted by atomic mass is 32.1. The number of thiophene rings is 1.